The highest BCUT2D eigenvalue weighted by Gasteiger charge is 2.18. The summed E-state index contributed by atoms with van der Waals surface area (Å²) in [5.41, 5.74) is 8.23. The molecule has 6 aromatic carbocycles. The van der Waals surface area contributed by atoms with E-state index in [1.807, 2.05) is 35.6 Å². The zero-order valence-electron chi connectivity index (χ0n) is 21.8. The number of hydrogen-bond donors (Lipinski definition) is 0. The minimum Gasteiger partial charge on any atom is -0.456 e. The second-order valence-corrected chi connectivity index (χ2v) is 11.5. The fraction of sp³-hybridized carbons (Fsp3) is 0. The molecule has 0 atom stereocenters. The standard InChI is InChI=1S/C37H20N2OS/c38-21-22-15-18-31-29(19-22)25-7-1-3-11-30(25)39(31)32-12-5-10-28-36-24(9-6-14-35(36)41-37(28)32)23-16-17-27-26-8-2-4-13-33(26)40-34(27)20-23/h1-20H. The highest BCUT2D eigenvalue weighted by Crippen LogP contribution is 2.44. The van der Waals surface area contributed by atoms with Crippen molar-refractivity contribution in [3.05, 3.63) is 127 Å². The van der Waals surface area contributed by atoms with Crippen LogP contribution in [-0.4, -0.2) is 4.57 Å². The molecule has 3 heterocycles. The first kappa shape index (κ1) is 22.4. The van der Waals surface area contributed by atoms with Crippen LogP contribution in [0.2, 0.25) is 0 Å². The molecule has 4 heteroatoms. The molecule has 0 aliphatic rings. The van der Waals surface area contributed by atoms with Crippen LogP contribution in [0.3, 0.4) is 0 Å². The largest absolute Gasteiger partial charge is 0.456 e. The van der Waals surface area contributed by atoms with Gasteiger partial charge in [0.25, 0.3) is 0 Å². The van der Waals surface area contributed by atoms with Gasteiger partial charge in [-0.15, -0.1) is 11.3 Å². The zero-order valence-corrected chi connectivity index (χ0v) is 22.6. The molecule has 9 aromatic rings. The summed E-state index contributed by atoms with van der Waals surface area (Å²) >= 11 is 1.83. The van der Waals surface area contributed by atoms with Crippen molar-refractivity contribution in [2.45, 2.75) is 0 Å². The average Bonchev–Trinajstić information content (AvgIpc) is 3.69. The summed E-state index contributed by atoms with van der Waals surface area (Å²) in [5.74, 6) is 0. The first-order valence-corrected chi connectivity index (χ1v) is 14.4. The lowest BCUT2D eigenvalue weighted by atomic mass is 9.98. The number of nitrogens with zero attached hydrogens (tertiary/aromatic N) is 2. The van der Waals surface area contributed by atoms with Gasteiger partial charge in [0.1, 0.15) is 11.2 Å². The SMILES string of the molecule is N#Cc1ccc2c(c1)c1ccccc1n2-c1cccc2c1sc1cccc(-c3ccc4c(c3)oc3ccccc34)c12. The molecule has 0 N–H and O–H groups in total. The van der Waals surface area contributed by atoms with Crippen molar-refractivity contribution in [1.82, 2.24) is 4.57 Å². The van der Waals surface area contributed by atoms with E-state index in [-0.39, 0.29) is 0 Å². The third kappa shape index (κ3) is 3.12. The summed E-state index contributed by atoms with van der Waals surface area (Å²) in [6.07, 6.45) is 0. The Morgan fingerprint density at radius 2 is 1.39 bits per heavy atom. The highest BCUT2D eigenvalue weighted by atomic mass is 32.1. The molecule has 3 aromatic heterocycles. The summed E-state index contributed by atoms with van der Waals surface area (Å²) in [4.78, 5) is 0. The maximum atomic E-state index is 9.57. The molecule has 0 spiro atoms. The normalized spacial score (nSPS) is 11.9. The van der Waals surface area contributed by atoms with Crippen LogP contribution in [0.5, 0.6) is 0 Å². The van der Waals surface area contributed by atoms with Crippen LogP contribution >= 0.6 is 11.3 Å². The Morgan fingerprint density at radius 3 is 2.32 bits per heavy atom. The lowest BCUT2D eigenvalue weighted by Gasteiger charge is -2.10. The van der Waals surface area contributed by atoms with Crippen molar-refractivity contribution in [3.63, 3.8) is 0 Å². The zero-order chi connectivity index (χ0) is 27.1. The van der Waals surface area contributed by atoms with E-state index in [2.05, 4.69) is 108 Å². The Labute approximate surface area is 238 Å². The van der Waals surface area contributed by atoms with Gasteiger partial charge in [0, 0.05) is 37.0 Å². The number of aromatic nitrogens is 1. The van der Waals surface area contributed by atoms with Crippen LogP contribution in [0.25, 0.3) is 80.7 Å². The molecule has 9 rings (SSSR count). The molecule has 0 saturated heterocycles. The van der Waals surface area contributed by atoms with Crippen LogP contribution in [0.4, 0.5) is 0 Å². The number of thiophene rings is 1. The number of nitriles is 1. The Hall–Kier alpha value is -5.37. The Balaban J connectivity index is 1.33. The van der Waals surface area contributed by atoms with Crippen molar-refractivity contribution >= 4 is 75.3 Å². The van der Waals surface area contributed by atoms with Gasteiger partial charge >= 0.3 is 0 Å². The molecule has 41 heavy (non-hydrogen) atoms. The van der Waals surface area contributed by atoms with Crippen molar-refractivity contribution in [3.8, 4) is 22.9 Å². The van der Waals surface area contributed by atoms with E-state index in [0.29, 0.717) is 5.56 Å². The molecular formula is C37H20N2OS. The molecule has 0 aliphatic carbocycles. The van der Waals surface area contributed by atoms with Crippen molar-refractivity contribution in [2.75, 3.05) is 0 Å². The van der Waals surface area contributed by atoms with Gasteiger partial charge in [-0.3, -0.25) is 0 Å². The molecule has 0 bridgehead atoms. The third-order valence-corrected chi connectivity index (χ3v) is 9.43. The van der Waals surface area contributed by atoms with Gasteiger partial charge in [0.05, 0.1) is 33.1 Å². The maximum Gasteiger partial charge on any atom is 0.136 e. The predicted octanol–water partition coefficient (Wildman–Crippen LogP) is 10.6. The minimum atomic E-state index is 0.673. The predicted molar refractivity (Wildman–Crippen MR) is 171 cm³/mol. The van der Waals surface area contributed by atoms with E-state index >= 15 is 0 Å². The van der Waals surface area contributed by atoms with Gasteiger partial charge in [-0.2, -0.15) is 5.26 Å². The van der Waals surface area contributed by atoms with E-state index in [9.17, 15) is 5.26 Å². The first-order valence-electron chi connectivity index (χ1n) is 13.6. The number of furan rings is 1. The Morgan fingerprint density at radius 1 is 0.610 bits per heavy atom. The van der Waals surface area contributed by atoms with Gasteiger partial charge < -0.3 is 8.98 Å². The molecule has 3 nitrogen and oxygen atoms in total. The molecule has 190 valence electrons. The summed E-state index contributed by atoms with van der Waals surface area (Å²) in [6.45, 7) is 0. The topological polar surface area (TPSA) is 41.9 Å². The molecule has 0 unspecified atom stereocenters. The summed E-state index contributed by atoms with van der Waals surface area (Å²) in [7, 11) is 0. The lowest BCUT2D eigenvalue weighted by Crippen LogP contribution is -1.93. The number of fused-ring (bicyclic) bond motifs is 9. The number of benzene rings is 6. The maximum absolute atomic E-state index is 9.57. The quantitative estimate of drug-likeness (QED) is 0.219. The summed E-state index contributed by atoms with van der Waals surface area (Å²) in [6, 6.07) is 44.8. The molecule has 0 aliphatic heterocycles. The minimum absolute atomic E-state index is 0.673. The van der Waals surface area contributed by atoms with Crippen LogP contribution < -0.4 is 0 Å². The van der Waals surface area contributed by atoms with E-state index in [4.69, 9.17) is 4.42 Å². The van der Waals surface area contributed by atoms with Crippen LogP contribution in [-0.2, 0) is 0 Å². The van der Waals surface area contributed by atoms with Gasteiger partial charge in [-0.25, -0.2) is 0 Å². The fourth-order valence-corrected chi connectivity index (χ4v) is 7.68. The Bertz CT molecular complexity index is 2560. The summed E-state index contributed by atoms with van der Waals surface area (Å²) < 4.78 is 11.1. The van der Waals surface area contributed by atoms with Crippen LogP contribution in [0, 0.1) is 11.3 Å². The lowest BCUT2D eigenvalue weighted by molar-refractivity contribution is 0.669. The molecular weight excluding hydrogens is 520 g/mol. The van der Waals surface area contributed by atoms with Gasteiger partial charge in [-0.05, 0) is 65.7 Å². The monoisotopic (exact) mass is 540 g/mol. The van der Waals surface area contributed by atoms with Gasteiger partial charge in [0.15, 0.2) is 0 Å². The fourth-order valence-electron chi connectivity index (χ4n) is 6.44. The van der Waals surface area contributed by atoms with E-state index in [1.54, 1.807) is 0 Å². The van der Waals surface area contributed by atoms with Crippen molar-refractivity contribution < 1.29 is 4.42 Å². The molecule has 0 saturated carbocycles. The molecule has 0 radical (unpaired) electrons. The van der Waals surface area contributed by atoms with E-state index < -0.39 is 0 Å². The van der Waals surface area contributed by atoms with Crippen LogP contribution in [0.15, 0.2) is 126 Å². The van der Waals surface area contributed by atoms with Crippen molar-refractivity contribution in [2.24, 2.45) is 0 Å². The van der Waals surface area contributed by atoms with Gasteiger partial charge in [-0.1, -0.05) is 66.7 Å². The number of rotatable bonds is 2. The van der Waals surface area contributed by atoms with Gasteiger partial charge in [0.2, 0.25) is 0 Å². The van der Waals surface area contributed by atoms with E-state index in [0.717, 1.165) is 55.0 Å². The highest BCUT2D eigenvalue weighted by molar-refractivity contribution is 7.26. The molecule has 0 amide bonds. The van der Waals surface area contributed by atoms with Crippen molar-refractivity contribution in [1.29, 1.82) is 5.26 Å². The van der Waals surface area contributed by atoms with Crippen LogP contribution in [0.1, 0.15) is 5.56 Å². The second-order valence-electron chi connectivity index (χ2n) is 10.4. The average molecular weight is 541 g/mol. The number of hydrogen-bond acceptors (Lipinski definition) is 3. The van der Waals surface area contributed by atoms with E-state index in [1.165, 1.54) is 25.7 Å². The number of para-hydroxylation sites is 2. The first-order chi connectivity index (χ1) is 20.3. The smallest absolute Gasteiger partial charge is 0.136 e. The third-order valence-electron chi connectivity index (χ3n) is 8.23. The molecule has 0 fully saturated rings. The summed E-state index contributed by atoms with van der Waals surface area (Å²) in [5, 5.41) is 16.6. The Kier molecular flexibility index (Phi) is 4.55. The second kappa shape index (κ2) is 8.32.